The summed E-state index contributed by atoms with van der Waals surface area (Å²) in [7, 11) is 11.7. The summed E-state index contributed by atoms with van der Waals surface area (Å²) >= 11 is 0. The van der Waals surface area contributed by atoms with Crippen LogP contribution in [-0.4, -0.2) is 50.9 Å². The molecule has 0 bridgehead atoms. The molecule has 0 amide bonds. The summed E-state index contributed by atoms with van der Waals surface area (Å²) < 4.78 is 0. The van der Waals surface area contributed by atoms with E-state index >= 15 is 0 Å². The molecule has 3 unspecified atom stereocenters. The van der Waals surface area contributed by atoms with Crippen molar-refractivity contribution in [2.45, 2.75) is 112 Å². The fraction of sp³-hybridized carbons (Fsp3) is 0.875. The van der Waals surface area contributed by atoms with Crippen molar-refractivity contribution in [3.63, 3.8) is 0 Å². The molecule has 3 rings (SSSR count). The quantitative estimate of drug-likeness (QED) is 0.182. The van der Waals surface area contributed by atoms with Gasteiger partial charge < -0.3 is 29.7 Å². The molecule has 0 aromatic rings. The molecule has 3 fully saturated rings. The fourth-order valence-electron chi connectivity index (χ4n) is 3.62. The van der Waals surface area contributed by atoms with E-state index in [-0.39, 0.29) is 36.6 Å². The number of carboxylic acids is 3. The van der Waals surface area contributed by atoms with Gasteiger partial charge in [0.25, 0.3) is 0 Å². The predicted molar refractivity (Wildman–Crippen MR) is 156 cm³/mol. The van der Waals surface area contributed by atoms with Crippen LogP contribution in [0.25, 0.3) is 0 Å². The van der Waals surface area contributed by atoms with E-state index in [2.05, 4.69) is 0 Å². The summed E-state index contributed by atoms with van der Waals surface area (Å²) in [6, 6.07) is 0. The van der Waals surface area contributed by atoms with Crippen molar-refractivity contribution in [1.29, 1.82) is 0 Å². The van der Waals surface area contributed by atoms with Gasteiger partial charge in [-0.2, -0.15) is 0 Å². The molecule has 213 valence electrons. The third kappa shape index (κ3) is 24.6. The number of carboxylic acid groups (broad SMARTS) is 3. The number of rotatable bonds is 15. The summed E-state index contributed by atoms with van der Waals surface area (Å²) in [5.74, 6) is 1.04. The molecule has 3 saturated heterocycles. The number of hydrogen-bond donors (Lipinski definition) is 0. The van der Waals surface area contributed by atoms with Gasteiger partial charge in [-0.15, -0.1) is 0 Å². The maximum absolute atomic E-state index is 10.1. The zero-order valence-electron chi connectivity index (χ0n) is 21.3. The normalized spacial score (nSPS) is 22.2. The third-order valence-corrected chi connectivity index (χ3v) is 14.7. The Bertz CT molecular complexity index is 519. The molecule has 0 aromatic carbocycles. The van der Waals surface area contributed by atoms with Crippen LogP contribution in [0.1, 0.15) is 96.3 Å². The van der Waals surface area contributed by atoms with E-state index in [1.54, 1.807) is 0 Å². The minimum Gasteiger partial charge on any atom is -0.550 e. The van der Waals surface area contributed by atoms with Crippen LogP contribution in [0, 0.1) is 0 Å². The standard InChI is InChI=1S/3C8H14O2S2.Cr/c3*9-8(10)4-2-1-3-7-5-6-11-12-7;/h3*7H,1-6H2,(H,9,10);/q;;;+3/p-3. The predicted octanol–water partition coefficient (Wildman–Crippen LogP) is 4.35. The molecule has 3 atom stereocenters. The second-order valence-electron chi connectivity index (χ2n) is 8.84. The minimum absolute atomic E-state index is 0. The van der Waals surface area contributed by atoms with Gasteiger partial charge in [0, 0.05) is 50.9 Å². The summed E-state index contributed by atoms with van der Waals surface area (Å²) in [5.41, 5.74) is 0. The first-order valence-corrected chi connectivity index (χ1v) is 20.0. The van der Waals surface area contributed by atoms with Gasteiger partial charge in [0.1, 0.15) is 0 Å². The van der Waals surface area contributed by atoms with E-state index in [9.17, 15) is 29.7 Å². The molecule has 1 radical (unpaired) electrons. The Morgan fingerprint density at radius 3 is 0.973 bits per heavy atom. The van der Waals surface area contributed by atoms with Crippen molar-refractivity contribution >= 4 is 82.7 Å². The molecule has 6 nitrogen and oxygen atoms in total. The smallest absolute Gasteiger partial charge is 0.550 e. The molecule has 3 aliphatic heterocycles. The van der Waals surface area contributed by atoms with Gasteiger partial charge in [-0.3, -0.25) is 0 Å². The molecule has 0 spiro atoms. The molecule has 0 aliphatic carbocycles. The molecule has 13 heteroatoms. The van der Waals surface area contributed by atoms with Gasteiger partial charge in [-0.05, 0) is 77.0 Å². The zero-order chi connectivity index (χ0) is 26.4. The van der Waals surface area contributed by atoms with Crippen LogP contribution < -0.4 is 15.3 Å². The van der Waals surface area contributed by atoms with Crippen LogP contribution in [0.4, 0.5) is 0 Å². The zero-order valence-corrected chi connectivity index (χ0v) is 27.4. The van der Waals surface area contributed by atoms with Gasteiger partial charge >= 0.3 is 17.4 Å². The van der Waals surface area contributed by atoms with Gasteiger partial charge in [-0.25, -0.2) is 0 Å². The van der Waals surface area contributed by atoms with Crippen LogP contribution in [0.15, 0.2) is 0 Å². The maximum Gasteiger partial charge on any atom is 3.00 e. The first kappa shape index (κ1) is 38.0. The third-order valence-electron chi connectivity index (χ3n) is 5.65. The summed E-state index contributed by atoms with van der Waals surface area (Å²) in [5, 5.41) is 32.5. The Kier molecular flexibility index (Phi) is 26.7. The van der Waals surface area contributed by atoms with Crippen molar-refractivity contribution < 1.29 is 47.1 Å². The number of unbranched alkanes of at least 4 members (excludes halogenated alkanes) is 3. The van der Waals surface area contributed by atoms with E-state index in [1.807, 2.05) is 64.8 Å². The Balaban J connectivity index is 0.000000518. The van der Waals surface area contributed by atoms with Crippen molar-refractivity contribution in [2.75, 3.05) is 17.3 Å². The average molecular weight is 668 g/mol. The summed E-state index contributed by atoms with van der Waals surface area (Å²) in [4.78, 5) is 30.2. The summed E-state index contributed by atoms with van der Waals surface area (Å²) in [6.07, 6.45) is 13.5. The van der Waals surface area contributed by atoms with Crippen molar-refractivity contribution in [3.05, 3.63) is 0 Å². The first-order chi connectivity index (χ1) is 17.4. The topological polar surface area (TPSA) is 120 Å². The molecular weight excluding hydrogens is 629 g/mol. The Morgan fingerprint density at radius 2 is 0.784 bits per heavy atom. The van der Waals surface area contributed by atoms with Crippen LogP contribution in [-0.2, 0) is 31.7 Å². The molecular formula is C24H39CrO6S6. The Labute approximate surface area is 257 Å². The summed E-state index contributed by atoms with van der Waals surface area (Å²) in [6.45, 7) is 0. The van der Waals surface area contributed by atoms with Crippen LogP contribution in [0.5, 0.6) is 0 Å². The van der Waals surface area contributed by atoms with E-state index < -0.39 is 17.9 Å². The van der Waals surface area contributed by atoms with E-state index in [0.29, 0.717) is 0 Å². The molecule has 3 heterocycles. The molecule has 0 aromatic heterocycles. The second kappa shape index (κ2) is 26.0. The van der Waals surface area contributed by atoms with E-state index in [4.69, 9.17) is 0 Å². The molecule has 3 aliphatic rings. The minimum atomic E-state index is -0.913. The van der Waals surface area contributed by atoms with E-state index in [0.717, 1.165) is 54.3 Å². The fourth-order valence-corrected chi connectivity index (χ4v) is 12.7. The van der Waals surface area contributed by atoms with Crippen molar-refractivity contribution in [2.24, 2.45) is 0 Å². The first-order valence-electron chi connectivity index (χ1n) is 12.8. The van der Waals surface area contributed by atoms with Crippen LogP contribution >= 0.6 is 64.8 Å². The van der Waals surface area contributed by atoms with Crippen LogP contribution in [0.2, 0.25) is 0 Å². The Morgan fingerprint density at radius 1 is 0.514 bits per heavy atom. The largest absolute Gasteiger partial charge is 3.00 e. The SMILES string of the molecule is O=C([O-])CCCCC1CCSS1.O=C([O-])CCCCC1CCSS1.O=C([O-])CCCCC1CCSS1.[Cr+3]. The van der Waals surface area contributed by atoms with Crippen LogP contribution in [0.3, 0.4) is 0 Å². The number of carbonyl (C=O) groups is 3. The maximum atomic E-state index is 10.1. The van der Waals surface area contributed by atoms with Gasteiger partial charge in [0.15, 0.2) is 0 Å². The van der Waals surface area contributed by atoms with Crippen molar-refractivity contribution in [1.82, 2.24) is 0 Å². The molecule has 0 saturated carbocycles. The molecule has 37 heavy (non-hydrogen) atoms. The van der Waals surface area contributed by atoms with Crippen molar-refractivity contribution in [3.8, 4) is 0 Å². The Hall–Kier alpha value is 1.04. The van der Waals surface area contributed by atoms with Gasteiger partial charge in [0.05, 0.1) is 0 Å². The number of hydrogen-bond acceptors (Lipinski definition) is 12. The molecule has 0 N–H and O–H groups in total. The van der Waals surface area contributed by atoms with Gasteiger partial charge in [-0.1, -0.05) is 84.0 Å². The average Bonchev–Trinajstić information content (AvgIpc) is 3.62. The van der Waals surface area contributed by atoms with Gasteiger partial charge in [0.2, 0.25) is 0 Å². The second-order valence-corrected chi connectivity index (χ2v) is 17.2. The van der Waals surface area contributed by atoms with E-state index in [1.165, 1.54) is 55.8 Å². The number of aliphatic carboxylic acids is 3. The number of carbonyl (C=O) groups excluding carboxylic acids is 3. The monoisotopic (exact) mass is 667 g/mol.